The van der Waals surface area contributed by atoms with Gasteiger partial charge in [0.05, 0.1) is 5.69 Å². The summed E-state index contributed by atoms with van der Waals surface area (Å²) in [7, 11) is 0. The van der Waals surface area contributed by atoms with Crippen LogP contribution < -0.4 is 5.73 Å². The molecule has 13 heavy (non-hydrogen) atoms. The van der Waals surface area contributed by atoms with E-state index in [1.165, 1.54) is 5.56 Å². The molecule has 0 aliphatic carbocycles. The maximum Gasteiger partial charge on any atom is 0.0600 e. The summed E-state index contributed by atoms with van der Waals surface area (Å²) in [5, 5.41) is 0. The Kier molecular flexibility index (Phi) is 3.04. The highest BCUT2D eigenvalue weighted by Crippen LogP contribution is 2.17. The van der Waals surface area contributed by atoms with Crippen LogP contribution in [0.15, 0.2) is 12.1 Å². The lowest BCUT2D eigenvalue weighted by Gasteiger charge is -2.12. The Morgan fingerprint density at radius 2 is 1.85 bits per heavy atom. The summed E-state index contributed by atoms with van der Waals surface area (Å²) in [6.45, 7) is 8.31. The molecule has 0 aliphatic rings. The van der Waals surface area contributed by atoms with Gasteiger partial charge in [0.25, 0.3) is 0 Å². The van der Waals surface area contributed by atoms with Gasteiger partial charge in [-0.2, -0.15) is 0 Å². The van der Waals surface area contributed by atoms with Gasteiger partial charge in [-0.3, -0.25) is 4.98 Å². The van der Waals surface area contributed by atoms with Crippen LogP contribution in [0.1, 0.15) is 49.7 Å². The second kappa shape index (κ2) is 3.88. The average molecular weight is 178 g/mol. The highest BCUT2D eigenvalue weighted by Gasteiger charge is 2.08. The van der Waals surface area contributed by atoms with Gasteiger partial charge in [0, 0.05) is 11.7 Å². The predicted molar refractivity (Wildman–Crippen MR) is 55.7 cm³/mol. The summed E-state index contributed by atoms with van der Waals surface area (Å²) >= 11 is 0. The zero-order valence-corrected chi connectivity index (χ0v) is 8.83. The predicted octanol–water partition coefficient (Wildman–Crippen LogP) is 2.53. The van der Waals surface area contributed by atoms with Crippen molar-refractivity contribution in [3.63, 3.8) is 0 Å². The van der Waals surface area contributed by atoms with Gasteiger partial charge in [-0.15, -0.1) is 0 Å². The van der Waals surface area contributed by atoms with E-state index in [2.05, 4.69) is 37.9 Å². The summed E-state index contributed by atoms with van der Waals surface area (Å²) in [5.74, 6) is 0.470. The largest absolute Gasteiger partial charge is 0.323 e. The molecule has 1 heterocycles. The van der Waals surface area contributed by atoms with E-state index >= 15 is 0 Å². The van der Waals surface area contributed by atoms with Crippen LogP contribution in [0.4, 0.5) is 0 Å². The fraction of sp³-hybridized carbons (Fsp3) is 0.545. The number of hydrogen-bond donors (Lipinski definition) is 1. The Bertz CT molecular complexity index is 290. The van der Waals surface area contributed by atoms with Crippen molar-refractivity contribution in [3.8, 4) is 0 Å². The molecule has 2 N–H and O–H groups in total. The van der Waals surface area contributed by atoms with E-state index < -0.39 is 0 Å². The van der Waals surface area contributed by atoms with Crippen molar-refractivity contribution >= 4 is 0 Å². The van der Waals surface area contributed by atoms with E-state index in [1.807, 2.05) is 6.92 Å². The van der Waals surface area contributed by atoms with Crippen molar-refractivity contribution in [3.05, 3.63) is 29.1 Å². The van der Waals surface area contributed by atoms with Crippen LogP contribution in [0, 0.1) is 6.92 Å². The molecule has 0 amide bonds. The SMILES string of the molecule is Cc1ccc(C(C)C)nc1C(C)N. The Balaban J connectivity index is 3.11. The van der Waals surface area contributed by atoms with Gasteiger partial charge in [-0.1, -0.05) is 19.9 Å². The first kappa shape index (κ1) is 10.2. The van der Waals surface area contributed by atoms with Gasteiger partial charge in [0.15, 0.2) is 0 Å². The van der Waals surface area contributed by atoms with Crippen molar-refractivity contribution < 1.29 is 0 Å². The van der Waals surface area contributed by atoms with Crippen molar-refractivity contribution in [2.45, 2.75) is 39.7 Å². The molecule has 0 radical (unpaired) electrons. The molecule has 0 fully saturated rings. The zero-order valence-electron chi connectivity index (χ0n) is 8.83. The van der Waals surface area contributed by atoms with Crippen LogP contribution in [0.5, 0.6) is 0 Å². The van der Waals surface area contributed by atoms with Gasteiger partial charge in [-0.25, -0.2) is 0 Å². The van der Waals surface area contributed by atoms with E-state index in [4.69, 9.17) is 5.73 Å². The van der Waals surface area contributed by atoms with Crippen molar-refractivity contribution in [2.24, 2.45) is 5.73 Å². The summed E-state index contributed by atoms with van der Waals surface area (Å²) in [6.07, 6.45) is 0. The topological polar surface area (TPSA) is 38.9 Å². The third-order valence-corrected chi connectivity index (χ3v) is 2.18. The van der Waals surface area contributed by atoms with E-state index in [0.717, 1.165) is 11.4 Å². The lowest BCUT2D eigenvalue weighted by molar-refractivity contribution is 0.736. The molecule has 0 saturated heterocycles. The third kappa shape index (κ3) is 2.28. The summed E-state index contributed by atoms with van der Waals surface area (Å²) in [5.41, 5.74) is 9.14. The van der Waals surface area contributed by atoms with E-state index in [0.29, 0.717) is 5.92 Å². The van der Waals surface area contributed by atoms with Crippen molar-refractivity contribution in [1.29, 1.82) is 0 Å². The van der Waals surface area contributed by atoms with Crippen LogP contribution in [0.3, 0.4) is 0 Å². The Morgan fingerprint density at radius 3 is 2.31 bits per heavy atom. The van der Waals surface area contributed by atoms with Crippen LogP contribution in [0.25, 0.3) is 0 Å². The Morgan fingerprint density at radius 1 is 1.23 bits per heavy atom. The first-order chi connectivity index (χ1) is 6.02. The molecule has 1 rings (SSSR count). The van der Waals surface area contributed by atoms with Crippen LogP contribution >= 0.6 is 0 Å². The number of rotatable bonds is 2. The second-order valence-corrected chi connectivity index (χ2v) is 3.88. The highest BCUT2D eigenvalue weighted by molar-refractivity contribution is 5.24. The molecule has 0 aliphatic heterocycles. The van der Waals surface area contributed by atoms with Crippen molar-refractivity contribution in [2.75, 3.05) is 0 Å². The van der Waals surface area contributed by atoms with Gasteiger partial charge in [0.2, 0.25) is 0 Å². The average Bonchev–Trinajstić information content (AvgIpc) is 2.04. The normalized spacial score (nSPS) is 13.4. The number of nitrogens with two attached hydrogens (primary N) is 1. The number of aromatic nitrogens is 1. The molecular weight excluding hydrogens is 160 g/mol. The monoisotopic (exact) mass is 178 g/mol. The lowest BCUT2D eigenvalue weighted by atomic mass is 10.1. The third-order valence-electron chi connectivity index (χ3n) is 2.18. The molecule has 1 aromatic heterocycles. The summed E-state index contributed by atoms with van der Waals surface area (Å²) < 4.78 is 0. The molecule has 2 nitrogen and oxygen atoms in total. The number of hydrogen-bond acceptors (Lipinski definition) is 2. The molecule has 72 valence electrons. The number of pyridine rings is 1. The van der Waals surface area contributed by atoms with Gasteiger partial charge in [-0.05, 0) is 31.4 Å². The van der Waals surface area contributed by atoms with E-state index in [1.54, 1.807) is 0 Å². The minimum absolute atomic E-state index is 0.0266. The lowest BCUT2D eigenvalue weighted by Crippen LogP contribution is -2.11. The molecule has 0 saturated carbocycles. The molecule has 0 spiro atoms. The zero-order chi connectivity index (χ0) is 10.0. The Labute approximate surface area is 80.2 Å². The standard InChI is InChI=1S/C11H18N2/c1-7(2)10-6-5-8(3)11(13-10)9(4)12/h5-7,9H,12H2,1-4H3. The molecule has 1 aromatic rings. The van der Waals surface area contributed by atoms with Gasteiger partial charge in [0.1, 0.15) is 0 Å². The van der Waals surface area contributed by atoms with Crippen LogP contribution in [-0.4, -0.2) is 4.98 Å². The molecule has 0 bridgehead atoms. The minimum Gasteiger partial charge on any atom is -0.323 e. The molecule has 2 heteroatoms. The van der Waals surface area contributed by atoms with Crippen LogP contribution in [-0.2, 0) is 0 Å². The minimum atomic E-state index is 0.0266. The van der Waals surface area contributed by atoms with Gasteiger partial charge < -0.3 is 5.73 Å². The Hall–Kier alpha value is -0.890. The van der Waals surface area contributed by atoms with Crippen molar-refractivity contribution in [1.82, 2.24) is 4.98 Å². The van der Waals surface area contributed by atoms with E-state index in [-0.39, 0.29) is 6.04 Å². The maximum absolute atomic E-state index is 5.82. The first-order valence-corrected chi connectivity index (χ1v) is 4.75. The fourth-order valence-electron chi connectivity index (χ4n) is 1.34. The fourth-order valence-corrected chi connectivity index (χ4v) is 1.34. The highest BCUT2D eigenvalue weighted by atomic mass is 14.8. The molecule has 1 atom stereocenters. The van der Waals surface area contributed by atoms with Crippen LogP contribution in [0.2, 0.25) is 0 Å². The molecular formula is C11H18N2. The summed E-state index contributed by atoms with van der Waals surface area (Å²) in [6, 6.07) is 4.20. The molecule has 1 unspecified atom stereocenters. The number of nitrogens with zero attached hydrogens (tertiary/aromatic N) is 1. The maximum atomic E-state index is 5.82. The van der Waals surface area contributed by atoms with Gasteiger partial charge >= 0.3 is 0 Å². The first-order valence-electron chi connectivity index (χ1n) is 4.75. The van der Waals surface area contributed by atoms with E-state index in [9.17, 15) is 0 Å². The molecule has 0 aromatic carbocycles. The second-order valence-electron chi connectivity index (χ2n) is 3.88. The quantitative estimate of drug-likeness (QED) is 0.755. The smallest absolute Gasteiger partial charge is 0.0600 e. The summed E-state index contributed by atoms with van der Waals surface area (Å²) in [4.78, 5) is 4.55. The number of aryl methyl sites for hydroxylation is 1.